The van der Waals surface area contributed by atoms with Crippen LogP contribution in [-0.4, -0.2) is 44.9 Å². The van der Waals surface area contributed by atoms with E-state index in [1.807, 2.05) is 25.6 Å². The van der Waals surface area contributed by atoms with E-state index in [0.29, 0.717) is 18.1 Å². The lowest BCUT2D eigenvalue weighted by molar-refractivity contribution is 0.0821. The van der Waals surface area contributed by atoms with E-state index < -0.39 is 0 Å². The van der Waals surface area contributed by atoms with Gasteiger partial charge in [-0.2, -0.15) is 5.10 Å². The van der Waals surface area contributed by atoms with Gasteiger partial charge in [-0.3, -0.25) is 9.48 Å². The summed E-state index contributed by atoms with van der Waals surface area (Å²) in [6.45, 7) is 4.64. The second-order valence-corrected chi connectivity index (χ2v) is 5.13. The summed E-state index contributed by atoms with van der Waals surface area (Å²) in [4.78, 5) is 13.2. The van der Waals surface area contributed by atoms with Crippen molar-refractivity contribution in [2.75, 3.05) is 19.4 Å². The molecule has 2 rings (SSSR count). The smallest absolute Gasteiger partial charge is 0.273 e. The number of amides is 1. The van der Waals surface area contributed by atoms with Gasteiger partial charge in [0.05, 0.1) is 5.69 Å². The zero-order chi connectivity index (χ0) is 15.6. The number of aromatic nitrogens is 4. The van der Waals surface area contributed by atoms with E-state index >= 15 is 0 Å². The topological polar surface area (TPSA) is 75.9 Å². The molecule has 0 bridgehead atoms. The minimum Gasteiger partial charge on any atom is -0.364 e. The summed E-state index contributed by atoms with van der Waals surface area (Å²) < 4.78 is 1.86. The molecule has 2 aromatic rings. The molecule has 0 atom stereocenters. The zero-order valence-corrected chi connectivity index (χ0v) is 13.0. The fraction of sp³-hybridized carbons (Fsp3) is 0.429. The minimum atomic E-state index is -0.159. The molecule has 0 aliphatic rings. The van der Waals surface area contributed by atoms with Crippen molar-refractivity contribution in [3.63, 3.8) is 0 Å². The van der Waals surface area contributed by atoms with Gasteiger partial charge in [-0.15, -0.1) is 10.2 Å². The molecule has 2 aromatic heterocycles. The maximum Gasteiger partial charge on any atom is 0.273 e. The molecule has 0 aliphatic heterocycles. The summed E-state index contributed by atoms with van der Waals surface area (Å²) in [6.07, 6.45) is 0. The van der Waals surface area contributed by atoms with E-state index in [2.05, 4.69) is 20.6 Å². The lowest BCUT2D eigenvalue weighted by Gasteiger charge is -2.09. The standard InChI is InChI=1S/C14H20N6O/c1-9-11(10(2)20(5)18-9)8-15-13-7-6-12(16-17-13)14(21)19(3)4/h6-7H,8H2,1-5H3,(H,15,17). The first-order chi connectivity index (χ1) is 9.90. The Morgan fingerprint density at radius 1 is 1.29 bits per heavy atom. The molecule has 1 N–H and O–H groups in total. The van der Waals surface area contributed by atoms with Crippen molar-refractivity contribution in [2.45, 2.75) is 20.4 Å². The summed E-state index contributed by atoms with van der Waals surface area (Å²) >= 11 is 0. The van der Waals surface area contributed by atoms with E-state index in [1.54, 1.807) is 26.2 Å². The van der Waals surface area contributed by atoms with Crippen LogP contribution in [0.15, 0.2) is 12.1 Å². The Hall–Kier alpha value is -2.44. The Bertz CT molecular complexity index is 644. The first-order valence-electron chi connectivity index (χ1n) is 6.68. The van der Waals surface area contributed by atoms with Crippen LogP contribution in [-0.2, 0) is 13.6 Å². The highest BCUT2D eigenvalue weighted by Crippen LogP contribution is 2.13. The van der Waals surface area contributed by atoms with Gasteiger partial charge in [0, 0.05) is 38.9 Å². The van der Waals surface area contributed by atoms with Crippen LogP contribution in [0.25, 0.3) is 0 Å². The normalized spacial score (nSPS) is 10.5. The van der Waals surface area contributed by atoms with Gasteiger partial charge in [0.15, 0.2) is 5.69 Å². The quantitative estimate of drug-likeness (QED) is 0.913. The molecule has 0 unspecified atom stereocenters. The molecule has 0 aromatic carbocycles. The highest BCUT2D eigenvalue weighted by Gasteiger charge is 2.11. The highest BCUT2D eigenvalue weighted by atomic mass is 16.2. The maximum absolute atomic E-state index is 11.7. The number of rotatable bonds is 4. The van der Waals surface area contributed by atoms with Gasteiger partial charge in [0.1, 0.15) is 5.82 Å². The lowest BCUT2D eigenvalue weighted by Crippen LogP contribution is -2.23. The Balaban J connectivity index is 2.06. The average Bonchev–Trinajstić information content (AvgIpc) is 2.70. The molecule has 2 heterocycles. The molecule has 0 saturated heterocycles. The predicted octanol–water partition coefficient (Wildman–Crippen LogP) is 1.14. The highest BCUT2D eigenvalue weighted by molar-refractivity contribution is 5.91. The molecule has 7 nitrogen and oxygen atoms in total. The van der Waals surface area contributed by atoms with E-state index in [0.717, 1.165) is 17.0 Å². The summed E-state index contributed by atoms with van der Waals surface area (Å²) in [6, 6.07) is 3.42. The first kappa shape index (κ1) is 15.0. The monoisotopic (exact) mass is 288 g/mol. The number of carbonyl (C=O) groups excluding carboxylic acids is 1. The molecule has 21 heavy (non-hydrogen) atoms. The summed E-state index contributed by atoms with van der Waals surface area (Å²) in [5.41, 5.74) is 3.59. The second kappa shape index (κ2) is 5.90. The SMILES string of the molecule is Cc1nn(C)c(C)c1CNc1ccc(C(=O)N(C)C)nn1. The fourth-order valence-corrected chi connectivity index (χ4v) is 2.02. The van der Waals surface area contributed by atoms with Crippen LogP contribution in [0.3, 0.4) is 0 Å². The van der Waals surface area contributed by atoms with E-state index in [1.165, 1.54) is 4.90 Å². The van der Waals surface area contributed by atoms with Crippen LogP contribution in [0, 0.1) is 13.8 Å². The summed E-state index contributed by atoms with van der Waals surface area (Å²) in [7, 11) is 5.29. The van der Waals surface area contributed by atoms with Crippen molar-refractivity contribution in [3.05, 3.63) is 34.8 Å². The number of carbonyl (C=O) groups is 1. The van der Waals surface area contributed by atoms with Crippen LogP contribution in [0.5, 0.6) is 0 Å². The van der Waals surface area contributed by atoms with Gasteiger partial charge < -0.3 is 10.2 Å². The molecule has 112 valence electrons. The minimum absolute atomic E-state index is 0.159. The Labute approximate surface area is 124 Å². The summed E-state index contributed by atoms with van der Waals surface area (Å²) in [5.74, 6) is 0.473. The number of hydrogen-bond acceptors (Lipinski definition) is 5. The molecule has 0 radical (unpaired) electrons. The number of hydrogen-bond donors (Lipinski definition) is 1. The van der Waals surface area contributed by atoms with Crippen LogP contribution < -0.4 is 5.32 Å². The number of anilines is 1. The maximum atomic E-state index is 11.7. The van der Waals surface area contributed by atoms with Gasteiger partial charge in [-0.1, -0.05) is 0 Å². The lowest BCUT2D eigenvalue weighted by atomic mass is 10.2. The molecule has 0 aliphatic carbocycles. The molecule has 1 amide bonds. The Kier molecular flexibility index (Phi) is 4.21. The number of nitrogens with zero attached hydrogens (tertiary/aromatic N) is 5. The number of nitrogens with one attached hydrogen (secondary N) is 1. The van der Waals surface area contributed by atoms with Crippen LogP contribution in [0.2, 0.25) is 0 Å². The summed E-state index contributed by atoms with van der Waals surface area (Å²) in [5, 5.41) is 15.5. The van der Waals surface area contributed by atoms with E-state index in [4.69, 9.17) is 0 Å². The van der Waals surface area contributed by atoms with Crippen molar-refractivity contribution in [1.82, 2.24) is 24.9 Å². The third-order valence-electron chi connectivity index (χ3n) is 3.40. The van der Waals surface area contributed by atoms with Gasteiger partial charge >= 0.3 is 0 Å². The van der Waals surface area contributed by atoms with Crippen molar-refractivity contribution in [3.8, 4) is 0 Å². The second-order valence-electron chi connectivity index (χ2n) is 5.13. The molecule has 0 saturated carbocycles. The largest absolute Gasteiger partial charge is 0.364 e. The Morgan fingerprint density at radius 2 is 2.00 bits per heavy atom. The van der Waals surface area contributed by atoms with Gasteiger partial charge in [-0.25, -0.2) is 0 Å². The van der Waals surface area contributed by atoms with E-state index in [9.17, 15) is 4.79 Å². The van der Waals surface area contributed by atoms with E-state index in [-0.39, 0.29) is 5.91 Å². The first-order valence-corrected chi connectivity index (χ1v) is 6.68. The van der Waals surface area contributed by atoms with Crippen molar-refractivity contribution < 1.29 is 4.79 Å². The van der Waals surface area contributed by atoms with Gasteiger partial charge in [0.2, 0.25) is 0 Å². The fourth-order valence-electron chi connectivity index (χ4n) is 2.02. The third kappa shape index (κ3) is 3.18. The molecular formula is C14H20N6O. The van der Waals surface area contributed by atoms with Crippen molar-refractivity contribution in [2.24, 2.45) is 7.05 Å². The van der Waals surface area contributed by atoms with Crippen LogP contribution in [0.1, 0.15) is 27.4 Å². The zero-order valence-electron chi connectivity index (χ0n) is 13.0. The van der Waals surface area contributed by atoms with Gasteiger partial charge in [-0.05, 0) is 26.0 Å². The van der Waals surface area contributed by atoms with Crippen LogP contribution >= 0.6 is 0 Å². The van der Waals surface area contributed by atoms with Crippen molar-refractivity contribution in [1.29, 1.82) is 0 Å². The molecular weight excluding hydrogens is 268 g/mol. The molecule has 7 heteroatoms. The average molecular weight is 288 g/mol. The van der Waals surface area contributed by atoms with Gasteiger partial charge in [0.25, 0.3) is 5.91 Å². The predicted molar refractivity (Wildman–Crippen MR) is 80.1 cm³/mol. The van der Waals surface area contributed by atoms with Crippen molar-refractivity contribution >= 4 is 11.7 Å². The van der Waals surface area contributed by atoms with Crippen LogP contribution in [0.4, 0.5) is 5.82 Å². The Morgan fingerprint density at radius 3 is 2.48 bits per heavy atom. The molecule has 0 fully saturated rings. The third-order valence-corrected chi connectivity index (χ3v) is 3.40. The number of aryl methyl sites for hydroxylation is 2. The molecule has 0 spiro atoms.